The monoisotopic (exact) mass is 513 g/mol. The van der Waals surface area contributed by atoms with Crippen molar-refractivity contribution in [3.05, 3.63) is 35.9 Å². The summed E-state index contributed by atoms with van der Waals surface area (Å²) in [6.45, 7) is 11.2. The summed E-state index contributed by atoms with van der Waals surface area (Å²) < 4.78 is 0. The van der Waals surface area contributed by atoms with Gasteiger partial charge in [0.1, 0.15) is 0 Å². The predicted octanol–water partition coefficient (Wildman–Crippen LogP) is 3.70. The van der Waals surface area contributed by atoms with E-state index in [1.807, 2.05) is 7.05 Å². The molecule has 1 aliphatic carbocycles. The van der Waals surface area contributed by atoms with E-state index in [4.69, 9.17) is 0 Å². The first-order valence-corrected chi connectivity index (χ1v) is 11.1. The average Bonchev–Trinajstić information content (AvgIpc) is 3.52. The molecule has 0 aromatic heterocycles. The van der Waals surface area contributed by atoms with Crippen molar-refractivity contribution in [1.29, 1.82) is 0 Å². The van der Waals surface area contributed by atoms with Gasteiger partial charge in [0.15, 0.2) is 5.96 Å². The minimum Gasteiger partial charge on any atom is -0.355 e. The molecule has 0 spiro atoms. The lowest BCUT2D eigenvalue weighted by Crippen LogP contribution is -2.52. The average molecular weight is 514 g/mol. The Kier molecular flexibility index (Phi) is 10.2. The van der Waals surface area contributed by atoms with E-state index in [-0.39, 0.29) is 24.0 Å². The molecule has 3 rings (SSSR count). The third-order valence-electron chi connectivity index (χ3n) is 6.15. The van der Waals surface area contributed by atoms with Crippen molar-refractivity contribution in [3.63, 3.8) is 0 Å². The zero-order valence-electron chi connectivity index (χ0n) is 18.6. The van der Waals surface area contributed by atoms with Crippen LogP contribution in [0, 0.1) is 0 Å². The maximum Gasteiger partial charge on any atom is 0.191 e. The second-order valence-electron chi connectivity index (χ2n) is 8.73. The molecule has 2 unspecified atom stereocenters. The summed E-state index contributed by atoms with van der Waals surface area (Å²) in [7, 11) is 1.88. The maximum absolute atomic E-state index is 4.46. The molecule has 2 N–H and O–H groups in total. The van der Waals surface area contributed by atoms with Crippen LogP contribution in [-0.4, -0.2) is 66.6 Å². The molecule has 5 nitrogen and oxygen atoms in total. The first kappa shape index (κ1) is 24.4. The number of hydrogen-bond donors (Lipinski definition) is 2. The van der Waals surface area contributed by atoms with Gasteiger partial charge < -0.3 is 10.6 Å². The number of nitrogens with one attached hydrogen (secondary N) is 2. The van der Waals surface area contributed by atoms with E-state index in [1.165, 1.54) is 18.4 Å². The summed E-state index contributed by atoms with van der Waals surface area (Å²) in [5.41, 5.74) is 1.41. The highest BCUT2D eigenvalue weighted by molar-refractivity contribution is 14.0. The van der Waals surface area contributed by atoms with Crippen molar-refractivity contribution in [3.8, 4) is 0 Å². The molecule has 1 heterocycles. The number of hydrogen-bond acceptors (Lipinski definition) is 3. The molecule has 0 amide bonds. The Hall–Kier alpha value is -0.860. The Balaban J connectivity index is 0.00000300. The second kappa shape index (κ2) is 12.1. The van der Waals surface area contributed by atoms with Crippen LogP contribution in [0.25, 0.3) is 0 Å². The van der Waals surface area contributed by atoms with Gasteiger partial charge in [-0.1, -0.05) is 30.3 Å². The van der Waals surface area contributed by atoms with Gasteiger partial charge in [-0.2, -0.15) is 0 Å². The first-order chi connectivity index (χ1) is 13.6. The van der Waals surface area contributed by atoms with Crippen molar-refractivity contribution in [2.24, 2.45) is 4.99 Å². The van der Waals surface area contributed by atoms with E-state index in [1.54, 1.807) is 0 Å². The summed E-state index contributed by atoms with van der Waals surface area (Å²) in [4.78, 5) is 9.67. The largest absolute Gasteiger partial charge is 0.355 e. The van der Waals surface area contributed by atoms with Crippen LogP contribution < -0.4 is 10.6 Å². The molecule has 2 fully saturated rings. The maximum atomic E-state index is 4.46. The van der Waals surface area contributed by atoms with E-state index >= 15 is 0 Å². The number of halogens is 1. The fourth-order valence-electron chi connectivity index (χ4n) is 4.36. The van der Waals surface area contributed by atoms with Crippen molar-refractivity contribution >= 4 is 29.9 Å². The summed E-state index contributed by atoms with van der Waals surface area (Å²) >= 11 is 0. The van der Waals surface area contributed by atoms with Crippen LogP contribution in [0.3, 0.4) is 0 Å². The Morgan fingerprint density at radius 2 is 1.93 bits per heavy atom. The molecule has 1 saturated heterocycles. The van der Waals surface area contributed by atoms with Gasteiger partial charge in [0.2, 0.25) is 0 Å². The highest BCUT2D eigenvalue weighted by Crippen LogP contribution is 2.28. The van der Waals surface area contributed by atoms with Gasteiger partial charge in [-0.15, -0.1) is 24.0 Å². The highest BCUT2D eigenvalue weighted by Gasteiger charge is 2.30. The Morgan fingerprint density at radius 3 is 2.52 bits per heavy atom. The van der Waals surface area contributed by atoms with Crippen LogP contribution in [-0.2, 0) is 6.54 Å². The molecule has 0 radical (unpaired) electrons. The quantitative estimate of drug-likeness (QED) is 0.316. The Labute approximate surface area is 194 Å². The molecule has 0 bridgehead atoms. The van der Waals surface area contributed by atoms with Gasteiger partial charge in [0.25, 0.3) is 0 Å². The summed E-state index contributed by atoms with van der Waals surface area (Å²) in [5, 5.41) is 7.20. The normalized spacial score (nSPS) is 23.2. The number of piperidine rings is 1. The van der Waals surface area contributed by atoms with E-state index in [9.17, 15) is 0 Å². The van der Waals surface area contributed by atoms with E-state index in [0.29, 0.717) is 18.1 Å². The van der Waals surface area contributed by atoms with Gasteiger partial charge in [0, 0.05) is 57.4 Å². The zero-order chi connectivity index (χ0) is 19.9. The van der Waals surface area contributed by atoms with E-state index < -0.39 is 0 Å². The van der Waals surface area contributed by atoms with Crippen LogP contribution in [0.5, 0.6) is 0 Å². The van der Waals surface area contributed by atoms with Gasteiger partial charge in [-0.3, -0.25) is 14.8 Å². The van der Waals surface area contributed by atoms with E-state index in [0.717, 1.165) is 51.0 Å². The minimum atomic E-state index is 0. The van der Waals surface area contributed by atoms with E-state index in [2.05, 4.69) is 76.5 Å². The van der Waals surface area contributed by atoms with Crippen molar-refractivity contribution in [2.45, 2.75) is 77.2 Å². The fraction of sp³-hybridized carbons (Fsp3) is 0.696. The molecule has 1 aliphatic heterocycles. The lowest BCUT2D eigenvalue weighted by molar-refractivity contribution is 0.134. The number of rotatable bonds is 8. The molecule has 1 aromatic carbocycles. The van der Waals surface area contributed by atoms with Gasteiger partial charge in [-0.25, -0.2) is 0 Å². The smallest absolute Gasteiger partial charge is 0.191 e. The molecule has 29 heavy (non-hydrogen) atoms. The molecular weight excluding hydrogens is 473 g/mol. The fourth-order valence-corrected chi connectivity index (χ4v) is 4.36. The first-order valence-electron chi connectivity index (χ1n) is 11.1. The Bertz CT molecular complexity index is 615. The highest BCUT2D eigenvalue weighted by atomic mass is 127. The zero-order valence-corrected chi connectivity index (χ0v) is 20.9. The SMILES string of the molecule is CN=C(NCCN(C(C)C)C1CC1)NC1CCN(Cc2ccccc2)C(C)C1.I. The summed E-state index contributed by atoms with van der Waals surface area (Å²) in [5.74, 6) is 0.952. The predicted molar refractivity (Wildman–Crippen MR) is 134 cm³/mol. The van der Waals surface area contributed by atoms with Gasteiger partial charge in [-0.05, 0) is 52.0 Å². The topological polar surface area (TPSA) is 42.9 Å². The molecule has 6 heteroatoms. The van der Waals surface area contributed by atoms with Gasteiger partial charge in [0.05, 0.1) is 0 Å². The number of benzene rings is 1. The second-order valence-corrected chi connectivity index (χ2v) is 8.73. The van der Waals surface area contributed by atoms with Crippen LogP contribution in [0.4, 0.5) is 0 Å². The summed E-state index contributed by atoms with van der Waals surface area (Å²) in [6, 6.07) is 13.3. The number of aliphatic imine (C=N–C) groups is 1. The number of guanidine groups is 1. The molecule has 2 aliphatic rings. The third-order valence-corrected chi connectivity index (χ3v) is 6.15. The number of nitrogens with zero attached hydrogens (tertiary/aromatic N) is 3. The Morgan fingerprint density at radius 1 is 1.21 bits per heavy atom. The third kappa shape index (κ3) is 7.72. The van der Waals surface area contributed by atoms with Crippen LogP contribution in [0.2, 0.25) is 0 Å². The molecule has 1 aromatic rings. The van der Waals surface area contributed by atoms with Crippen molar-refractivity contribution in [2.75, 3.05) is 26.7 Å². The van der Waals surface area contributed by atoms with Crippen LogP contribution >= 0.6 is 24.0 Å². The molecule has 1 saturated carbocycles. The van der Waals surface area contributed by atoms with Crippen molar-refractivity contribution in [1.82, 2.24) is 20.4 Å². The molecular formula is C23H40IN5. The minimum absolute atomic E-state index is 0. The molecule has 164 valence electrons. The van der Waals surface area contributed by atoms with Crippen LogP contribution in [0.1, 0.15) is 52.0 Å². The lowest BCUT2D eigenvalue weighted by atomic mass is 9.97. The van der Waals surface area contributed by atoms with Crippen molar-refractivity contribution < 1.29 is 0 Å². The summed E-state index contributed by atoms with van der Waals surface area (Å²) in [6.07, 6.45) is 5.06. The lowest BCUT2D eigenvalue weighted by Gasteiger charge is -2.38. The standard InChI is InChI=1S/C23H39N5.HI/c1-18(2)28(22-10-11-22)15-13-25-23(24-4)26-21-12-14-27(19(3)16-21)17-20-8-6-5-7-9-20;/h5-9,18-19,21-22H,10-17H2,1-4H3,(H2,24,25,26);1H. The molecule has 2 atom stereocenters. The van der Waals surface area contributed by atoms with Crippen LogP contribution in [0.15, 0.2) is 35.3 Å². The number of likely N-dealkylation sites (tertiary alicyclic amines) is 1. The van der Waals surface area contributed by atoms with Gasteiger partial charge >= 0.3 is 0 Å².